The lowest BCUT2D eigenvalue weighted by Crippen LogP contribution is -2.14. The van der Waals surface area contributed by atoms with Crippen LogP contribution in [0.1, 0.15) is 30.9 Å². The lowest BCUT2D eigenvalue weighted by atomic mass is 10.00. The van der Waals surface area contributed by atoms with E-state index in [2.05, 4.69) is 19.2 Å². The number of nitro groups is 1. The minimum atomic E-state index is -0.540. The van der Waals surface area contributed by atoms with Gasteiger partial charge in [0.1, 0.15) is 5.58 Å². The molecule has 26 heavy (non-hydrogen) atoms. The van der Waals surface area contributed by atoms with Crippen LogP contribution < -0.4 is 5.32 Å². The molecular formula is C19H17ClN2O4. The topological polar surface area (TPSA) is 85.4 Å². The molecule has 0 saturated heterocycles. The fourth-order valence-electron chi connectivity index (χ4n) is 2.68. The molecule has 0 saturated carbocycles. The summed E-state index contributed by atoms with van der Waals surface area (Å²) in [5.41, 5.74) is 2.87. The number of nitrogens with zero attached hydrogens (tertiary/aromatic N) is 1. The summed E-state index contributed by atoms with van der Waals surface area (Å²) in [7, 11) is 0. The van der Waals surface area contributed by atoms with Gasteiger partial charge in [-0.3, -0.25) is 14.9 Å². The van der Waals surface area contributed by atoms with E-state index < -0.39 is 4.92 Å². The summed E-state index contributed by atoms with van der Waals surface area (Å²) in [5.74, 6) is 0.0910. The number of nitrogens with one attached hydrogen (secondary N) is 1. The number of amides is 1. The molecule has 0 radical (unpaired) electrons. The van der Waals surface area contributed by atoms with Gasteiger partial charge in [-0.15, -0.1) is 0 Å². The molecule has 1 N–H and O–H groups in total. The molecule has 0 bridgehead atoms. The van der Waals surface area contributed by atoms with Crippen molar-refractivity contribution in [3.05, 3.63) is 68.9 Å². The normalized spacial score (nSPS) is 11.1. The van der Waals surface area contributed by atoms with E-state index in [1.54, 1.807) is 6.26 Å². The predicted octanol–water partition coefficient (Wildman–Crippen LogP) is 5.30. The van der Waals surface area contributed by atoms with Crippen LogP contribution in [0.4, 0.5) is 11.4 Å². The van der Waals surface area contributed by atoms with Crippen molar-refractivity contribution in [3.63, 3.8) is 0 Å². The SMILES string of the molecule is CC(C)c1ccc2occ(CC(=O)Nc3ccc([N+](=O)[O-])cc3Cl)c2c1. The molecule has 134 valence electrons. The van der Waals surface area contributed by atoms with E-state index in [1.807, 2.05) is 18.2 Å². The number of carbonyl (C=O) groups excluding carboxylic acids is 1. The van der Waals surface area contributed by atoms with Crippen LogP contribution in [0, 0.1) is 10.1 Å². The number of furan rings is 1. The van der Waals surface area contributed by atoms with E-state index in [-0.39, 0.29) is 23.0 Å². The fraction of sp³-hybridized carbons (Fsp3) is 0.211. The van der Waals surface area contributed by atoms with Gasteiger partial charge in [0.15, 0.2) is 0 Å². The second kappa shape index (κ2) is 7.17. The molecule has 1 heterocycles. The molecular weight excluding hydrogens is 356 g/mol. The van der Waals surface area contributed by atoms with Crippen LogP contribution in [0.5, 0.6) is 0 Å². The van der Waals surface area contributed by atoms with Gasteiger partial charge >= 0.3 is 0 Å². The van der Waals surface area contributed by atoms with Crippen LogP contribution in [-0.4, -0.2) is 10.8 Å². The Balaban J connectivity index is 1.79. The van der Waals surface area contributed by atoms with Gasteiger partial charge in [-0.2, -0.15) is 0 Å². The zero-order valence-corrected chi connectivity index (χ0v) is 15.0. The molecule has 2 aromatic carbocycles. The molecule has 1 amide bonds. The third-order valence-corrected chi connectivity index (χ3v) is 4.45. The molecule has 0 aliphatic carbocycles. The second-order valence-electron chi connectivity index (χ2n) is 6.32. The average Bonchev–Trinajstić information content (AvgIpc) is 2.98. The number of fused-ring (bicyclic) bond motifs is 1. The first-order valence-corrected chi connectivity index (χ1v) is 8.46. The van der Waals surface area contributed by atoms with Crippen LogP contribution in [0.25, 0.3) is 11.0 Å². The molecule has 0 fully saturated rings. The van der Waals surface area contributed by atoms with Crippen LogP contribution in [-0.2, 0) is 11.2 Å². The second-order valence-corrected chi connectivity index (χ2v) is 6.72. The molecule has 1 aromatic heterocycles. The molecule has 7 heteroatoms. The first kappa shape index (κ1) is 17.9. The zero-order chi connectivity index (χ0) is 18.8. The van der Waals surface area contributed by atoms with Gasteiger partial charge in [0.2, 0.25) is 5.91 Å². The van der Waals surface area contributed by atoms with Gasteiger partial charge in [-0.05, 0) is 29.7 Å². The predicted molar refractivity (Wildman–Crippen MR) is 101 cm³/mol. The number of hydrogen-bond acceptors (Lipinski definition) is 4. The lowest BCUT2D eigenvalue weighted by Gasteiger charge is -2.07. The number of non-ortho nitro benzene ring substituents is 1. The van der Waals surface area contributed by atoms with E-state index in [9.17, 15) is 14.9 Å². The van der Waals surface area contributed by atoms with E-state index in [1.165, 1.54) is 23.8 Å². The number of benzene rings is 2. The molecule has 0 spiro atoms. The summed E-state index contributed by atoms with van der Waals surface area (Å²) in [4.78, 5) is 22.6. The molecule has 0 aliphatic heterocycles. The van der Waals surface area contributed by atoms with Crippen LogP contribution >= 0.6 is 11.6 Å². The highest BCUT2D eigenvalue weighted by molar-refractivity contribution is 6.34. The summed E-state index contributed by atoms with van der Waals surface area (Å²) in [6, 6.07) is 9.87. The number of hydrogen-bond donors (Lipinski definition) is 1. The van der Waals surface area contributed by atoms with Crippen molar-refractivity contribution >= 4 is 39.9 Å². The third kappa shape index (κ3) is 3.70. The highest BCUT2D eigenvalue weighted by Gasteiger charge is 2.15. The summed E-state index contributed by atoms with van der Waals surface area (Å²) >= 11 is 6.01. The number of halogens is 1. The Bertz CT molecular complexity index is 994. The molecule has 6 nitrogen and oxygen atoms in total. The van der Waals surface area contributed by atoms with Crippen molar-refractivity contribution in [2.24, 2.45) is 0 Å². The maximum absolute atomic E-state index is 12.4. The maximum atomic E-state index is 12.4. The van der Waals surface area contributed by atoms with Gasteiger partial charge in [0.25, 0.3) is 5.69 Å². The van der Waals surface area contributed by atoms with E-state index in [0.29, 0.717) is 11.6 Å². The third-order valence-electron chi connectivity index (χ3n) is 4.13. The van der Waals surface area contributed by atoms with Crippen molar-refractivity contribution in [2.45, 2.75) is 26.2 Å². The Morgan fingerprint density at radius 1 is 1.27 bits per heavy atom. The molecule has 0 unspecified atom stereocenters. The van der Waals surface area contributed by atoms with Crippen molar-refractivity contribution in [1.29, 1.82) is 0 Å². The largest absolute Gasteiger partial charge is 0.464 e. The Morgan fingerprint density at radius 2 is 2.04 bits per heavy atom. The van der Waals surface area contributed by atoms with Gasteiger partial charge in [0, 0.05) is 23.1 Å². The van der Waals surface area contributed by atoms with Crippen molar-refractivity contribution in [3.8, 4) is 0 Å². The van der Waals surface area contributed by atoms with Gasteiger partial charge < -0.3 is 9.73 Å². The molecule has 0 aliphatic rings. The van der Waals surface area contributed by atoms with E-state index in [4.69, 9.17) is 16.0 Å². The number of carbonyl (C=O) groups is 1. The summed E-state index contributed by atoms with van der Waals surface area (Å²) < 4.78 is 5.52. The highest BCUT2D eigenvalue weighted by atomic mass is 35.5. The maximum Gasteiger partial charge on any atom is 0.271 e. The summed E-state index contributed by atoms with van der Waals surface area (Å²) in [6.45, 7) is 4.20. The molecule has 3 rings (SSSR count). The van der Waals surface area contributed by atoms with Crippen molar-refractivity contribution in [1.82, 2.24) is 0 Å². The first-order chi connectivity index (χ1) is 12.3. The number of rotatable bonds is 5. The van der Waals surface area contributed by atoms with Crippen molar-refractivity contribution < 1.29 is 14.1 Å². The fourth-order valence-corrected chi connectivity index (χ4v) is 2.90. The van der Waals surface area contributed by atoms with Gasteiger partial charge in [0.05, 0.1) is 28.3 Å². The Kier molecular flexibility index (Phi) is 4.95. The Morgan fingerprint density at radius 3 is 2.69 bits per heavy atom. The average molecular weight is 373 g/mol. The summed E-state index contributed by atoms with van der Waals surface area (Å²) in [6.07, 6.45) is 1.69. The van der Waals surface area contributed by atoms with Gasteiger partial charge in [-0.25, -0.2) is 0 Å². The van der Waals surface area contributed by atoms with Gasteiger partial charge in [-0.1, -0.05) is 31.5 Å². The van der Waals surface area contributed by atoms with Crippen molar-refractivity contribution in [2.75, 3.05) is 5.32 Å². The highest BCUT2D eigenvalue weighted by Crippen LogP contribution is 2.28. The standard InChI is InChI=1S/C19H17ClN2O4/c1-11(2)12-3-6-18-15(7-12)13(10-26-18)8-19(23)21-17-5-4-14(22(24)25)9-16(17)20/h3-7,9-11H,8H2,1-2H3,(H,21,23). The Labute approximate surface area is 154 Å². The zero-order valence-electron chi connectivity index (χ0n) is 14.3. The van der Waals surface area contributed by atoms with Crippen LogP contribution in [0.3, 0.4) is 0 Å². The summed E-state index contributed by atoms with van der Waals surface area (Å²) in [5, 5.41) is 14.4. The minimum absolute atomic E-state index is 0.113. The monoisotopic (exact) mass is 372 g/mol. The minimum Gasteiger partial charge on any atom is -0.464 e. The van der Waals surface area contributed by atoms with Crippen LogP contribution in [0.2, 0.25) is 5.02 Å². The Hall–Kier alpha value is -2.86. The smallest absolute Gasteiger partial charge is 0.271 e. The quantitative estimate of drug-likeness (QED) is 0.486. The number of anilines is 1. The number of nitro benzene ring substituents is 1. The van der Waals surface area contributed by atoms with E-state index >= 15 is 0 Å². The van der Waals surface area contributed by atoms with Crippen LogP contribution in [0.15, 0.2) is 47.1 Å². The molecule has 0 atom stereocenters. The first-order valence-electron chi connectivity index (χ1n) is 8.09. The molecule has 3 aromatic rings. The lowest BCUT2D eigenvalue weighted by molar-refractivity contribution is -0.384. The van der Waals surface area contributed by atoms with E-state index in [0.717, 1.165) is 16.5 Å².